The van der Waals surface area contributed by atoms with Crippen molar-refractivity contribution in [3.05, 3.63) is 29.6 Å². The lowest BCUT2D eigenvalue weighted by atomic mass is 10.2. The molecule has 0 radical (unpaired) electrons. The summed E-state index contributed by atoms with van der Waals surface area (Å²) in [5, 5.41) is 1.92. The number of pyridine rings is 1. The highest BCUT2D eigenvalue weighted by Gasteiger charge is 2.16. The van der Waals surface area contributed by atoms with Gasteiger partial charge in [-0.2, -0.15) is 0 Å². The van der Waals surface area contributed by atoms with Crippen molar-refractivity contribution in [3.8, 4) is 11.8 Å². The van der Waals surface area contributed by atoms with Crippen LogP contribution in [-0.4, -0.2) is 60.6 Å². The van der Waals surface area contributed by atoms with Crippen LogP contribution in [0.1, 0.15) is 16.1 Å². The molecule has 1 aliphatic heterocycles. The first-order chi connectivity index (χ1) is 9.69. The van der Waals surface area contributed by atoms with Gasteiger partial charge in [-0.05, 0) is 19.2 Å². The predicted octanol–water partition coefficient (Wildman–Crippen LogP) is -0.716. The summed E-state index contributed by atoms with van der Waals surface area (Å²) in [6.07, 6.45) is 1.58. The summed E-state index contributed by atoms with van der Waals surface area (Å²) in [5.41, 5.74) is 9.32. The van der Waals surface area contributed by atoms with Crippen LogP contribution in [0.25, 0.3) is 0 Å². The minimum absolute atomic E-state index is 0.187. The van der Waals surface area contributed by atoms with E-state index in [9.17, 15) is 4.79 Å². The van der Waals surface area contributed by atoms with Crippen molar-refractivity contribution in [2.45, 2.75) is 0 Å². The van der Waals surface area contributed by atoms with Crippen molar-refractivity contribution < 1.29 is 4.79 Å². The Morgan fingerprint density at radius 1 is 1.40 bits per heavy atom. The summed E-state index contributed by atoms with van der Waals surface area (Å²) in [7, 11) is 2.07. The van der Waals surface area contributed by atoms with Crippen LogP contribution in [0.2, 0.25) is 0 Å². The molecular weight excluding hydrogens is 254 g/mol. The number of aromatic nitrogens is 1. The van der Waals surface area contributed by atoms with Crippen LogP contribution >= 0.6 is 0 Å². The molecule has 6 nitrogen and oxygen atoms in total. The molecular formula is C14H19N5O. The van der Waals surface area contributed by atoms with E-state index in [1.54, 1.807) is 18.3 Å². The molecule has 0 aromatic carbocycles. The molecule has 0 atom stereocenters. The first-order valence-corrected chi connectivity index (χ1v) is 6.58. The number of amides is 1. The molecule has 0 unspecified atom stereocenters. The highest BCUT2D eigenvalue weighted by Crippen LogP contribution is 2.01. The molecule has 2 heterocycles. The Morgan fingerprint density at radius 3 is 2.75 bits per heavy atom. The van der Waals surface area contributed by atoms with E-state index in [-0.39, 0.29) is 5.91 Å². The Labute approximate surface area is 118 Å². The van der Waals surface area contributed by atoms with E-state index in [1.807, 2.05) is 5.01 Å². The summed E-state index contributed by atoms with van der Waals surface area (Å²) in [5.74, 6) is 5.43. The summed E-state index contributed by atoms with van der Waals surface area (Å²) in [4.78, 5) is 18.4. The molecule has 1 aliphatic rings. The van der Waals surface area contributed by atoms with Gasteiger partial charge in [0.2, 0.25) is 0 Å². The van der Waals surface area contributed by atoms with Crippen molar-refractivity contribution in [2.75, 3.05) is 39.8 Å². The van der Waals surface area contributed by atoms with Crippen molar-refractivity contribution in [1.29, 1.82) is 0 Å². The second kappa shape index (κ2) is 7.01. The molecule has 0 saturated carbocycles. The SMILES string of the molecule is CN1CCN(NC(=O)c2ccc(C#CCN)cn2)CC1. The van der Waals surface area contributed by atoms with Crippen molar-refractivity contribution in [3.63, 3.8) is 0 Å². The van der Waals surface area contributed by atoms with E-state index in [2.05, 4.69) is 34.2 Å². The number of piperazine rings is 1. The van der Waals surface area contributed by atoms with Gasteiger partial charge in [0.15, 0.2) is 0 Å². The third-order valence-corrected chi connectivity index (χ3v) is 3.09. The molecule has 6 heteroatoms. The van der Waals surface area contributed by atoms with Crippen LogP contribution in [0.4, 0.5) is 0 Å². The molecule has 1 fully saturated rings. The third kappa shape index (κ3) is 4.03. The van der Waals surface area contributed by atoms with Gasteiger partial charge in [0, 0.05) is 37.9 Å². The Hall–Kier alpha value is -1.94. The topological polar surface area (TPSA) is 74.5 Å². The lowest BCUT2D eigenvalue weighted by Crippen LogP contribution is -2.52. The fraction of sp³-hybridized carbons (Fsp3) is 0.429. The molecule has 0 aliphatic carbocycles. The summed E-state index contributed by atoms with van der Waals surface area (Å²) in [6, 6.07) is 3.44. The van der Waals surface area contributed by atoms with Crippen LogP contribution in [0, 0.1) is 11.8 Å². The number of hydrazine groups is 1. The largest absolute Gasteiger partial charge is 0.320 e. The van der Waals surface area contributed by atoms with E-state index in [0.29, 0.717) is 12.2 Å². The van der Waals surface area contributed by atoms with Gasteiger partial charge in [-0.25, -0.2) is 9.99 Å². The number of nitrogens with zero attached hydrogens (tertiary/aromatic N) is 3. The van der Waals surface area contributed by atoms with Crippen LogP contribution < -0.4 is 11.2 Å². The van der Waals surface area contributed by atoms with Crippen LogP contribution in [0.5, 0.6) is 0 Å². The molecule has 1 aromatic rings. The minimum Gasteiger partial charge on any atom is -0.320 e. The number of rotatable bonds is 2. The number of nitrogens with two attached hydrogens (primary N) is 1. The number of nitrogens with one attached hydrogen (secondary N) is 1. The molecule has 0 spiro atoms. The fourth-order valence-corrected chi connectivity index (χ4v) is 1.87. The summed E-state index contributed by atoms with van der Waals surface area (Å²) < 4.78 is 0. The maximum Gasteiger partial charge on any atom is 0.284 e. The Morgan fingerprint density at radius 2 is 2.15 bits per heavy atom. The molecule has 20 heavy (non-hydrogen) atoms. The van der Waals surface area contributed by atoms with E-state index in [1.165, 1.54) is 0 Å². The first-order valence-electron chi connectivity index (χ1n) is 6.58. The number of hydrogen-bond acceptors (Lipinski definition) is 5. The fourth-order valence-electron chi connectivity index (χ4n) is 1.87. The first kappa shape index (κ1) is 14.5. The standard InChI is InChI=1S/C14H19N5O/c1-18-7-9-19(10-8-18)17-14(20)13-5-4-12(11-16-13)3-2-6-15/h4-5,11H,6-10,15H2,1H3,(H,17,20). The maximum absolute atomic E-state index is 12.0. The predicted molar refractivity (Wildman–Crippen MR) is 76.7 cm³/mol. The molecule has 1 amide bonds. The smallest absolute Gasteiger partial charge is 0.284 e. The third-order valence-electron chi connectivity index (χ3n) is 3.09. The molecule has 2 rings (SSSR count). The zero-order valence-electron chi connectivity index (χ0n) is 11.6. The van der Waals surface area contributed by atoms with E-state index < -0.39 is 0 Å². The van der Waals surface area contributed by atoms with Gasteiger partial charge in [-0.15, -0.1) is 0 Å². The summed E-state index contributed by atoms with van der Waals surface area (Å²) >= 11 is 0. The normalized spacial score (nSPS) is 16.3. The Balaban J connectivity index is 1.92. The van der Waals surface area contributed by atoms with Crippen molar-refractivity contribution in [1.82, 2.24) is 20.3 Å². The van der Waals surface area contributed by atoms with Gasteiger partial charge < -0.3 is 10.6 Å². The molecule has 106 valence electrons. The van der Waals surface area contributed by atoms with Gasteiger partial charge >= 0.3 is 0 Å². The zero-order valence-corrected chi connectivity index (χ0v) is 11.6. The molecule has 3 N–H and O–H groups in total. The van der Waals surface area contributed by atoms with Crippen LogP contribution in [0.15, 0.2) is 18.3 Å². The lowest BCUT2D eigenvalue weighted by molar-refractivity contribution is 0.0658. The number of likely N-dealkylation sites (N-methyl/N-ethyl adjacent to an activating group) is 1. The average Bonchev–Trinajstić information content (AvgIpc) is 2.48. The lowest BCUT2D eigenvalue weighted by Gasteiger charge is -2.32. The summed E-state index contributed by atoms with van der Waals surface area (Å²) in [6.45, 7) is 3.85. The van der Waals surface area contributed by atoms with E-state index in [0.717, 1.165) is 31.7 Å². The molecule has 1 saturated heterocycles. The minimum atomic E-state index is -0.187. The quantitative estimate of drug-likeness (QED) is 0.696. The molecule has 0 bridgehead atoms. The second-order valence-corrected chi connectivity index (χ2v) is 4.67. The van der Waals surface area contributed by atoms with Gasteiger partial charge in [0.1, 0.15) is 5.69 Å². The zero-order chi connectivity index (χ0) is 14.4. The second-order valence-electron chi connectivity index (χ2n) is 4.67. The van der Waals surface area contributed by atoms with E-state index >= 15 is 0 Å². The maximum atomic E-state index is 12.0. The highest BCUT2D eigenvalue weighted by molar-refractivity contribution is 5.91. The van der Waals surface area contributed by atoms with Crippen LogP contribution in [0.3, 0.4) is 0 Å². The van der Waals surface area contributed by atoms with Gasteiger partial charge in [0.05, 0.1) is 6.54 Å². The van der Waals surface area contributed by atoms with E-state index in [4.69, 9.17) is 5.73 Å². The Kier molecular flexibility index (Phi) is 5.07. The molecule has 1 aromatic heterocycles. The number of hydrogen-bond donors (Lipinski definition) is 2. The van der Waals surface area contributed by atoms with Crippen molar-refractivity contribution >= 4 is 5.91 Å². The highest BCUT2D eigenvalue weighted by atomic mass is 16.2. The number of carbonyl (C=O) groups is 1. The Bertz CT molecular complexity index is 509. The van der Waals surface area contributed by atoms with Gasteiger partial charge in [0.25, 0.3) is 5.91 Å². The van der Waals surface area contributed by atoms with Crippen LogP contribution in [-0.2, 0) is 0 Å². The van der Waals surface area contributed by atoms with Gasteiger partial charge in [-0.3, -0.25) is 10.2 Å². The monoisotopic (exact) mass is 273 g/mol. The average molecular weight is 273 g/mol. The number of carbonyl (C=O) groups excluding carboxylic acids is 1. The van der Waals surface area contributed by atoms with Crippen molar-refractivity contribution in [2.24, 2.45) is 5.73 Å². The van der Waals surface area contributed by atoms with Gasteiger partial charge in [-0.1, -0.05) is 11.8 Å².